The lowest BCUT2D eigenvalue weighted by atomic mass is 9.90. The fraction of sp³-hybridized carbons (Fsp3) is 0.211. The number of aromatic nitrogens is 2. The molecule has 3 rings (SSSR count). The van der Waals surface area contributed by atoms with E-state index in [9.17, 15) is 22.4 Å². The zero-order valence-electron chi connectivity index (χ0n) is 16.6. The van der Waals surface area contributed by atoms with Gasteiger partial charge in [-0.15, -0.1) is 5.10 Å². The van der Waals surface area contributed by atoms with Crippen LogP contribution in [0.4, 0.5) is 4.39 Å². The van der Waals surface area contributed by atoms with Gasteiger partial charge in [0, 0.05) is 16.0 Å². The maximum Gasteiger partial charge on any atom is 0.434 e. The van der Waals surface area contributed by atoms with Crippen LogP contribution in [0, 0.1) is 12.7 Å². The molecule has 13 heteroatoms. The van der Waals surface area contributed by atoms with Crippen LogP contribution in [-0.2, 0) is 10.0 Å². The van der Waals surface area contributed by atoms with E-state index in [4.69, 9.17) is 33.4 Å². The van der Waals surface area contributed by atoms with Crippen LogP contribution in [0.25, 0.3) is 0 Å². The third-order valence-electron chi connectivity index (χ3n) is 4.85. The van der Waals surface area contributed by atoms with Crippen molar-refractivity contribution in [2.45, 2.75) is 30.7 Å². The van der Waals surface area contributed by atoms with Crippen LogP contribution >= 0.6 is 23.2 Å². The number of halogens is 3. The molecule has 9 nitrogen and oxygen atoms in total. The Hall–Kier alpha value is -2.73. The van der Waals surface area contributed by atoms with Crippen LogP contribution in [-0.4, -0.2) is 24.5 Å². The highest BCUT2D eigenvalue weighted by Gasteiger charge is 2.34. The minimum Gasteiger partial charge on any atom is -0.391 e. The van der Waals surface area contributed by atoms with Gasteiger partial charge in [-0.25, -0.2) is 22.7 Å². The van der Waals surface area contributed by atoms with E-state index in [2.05, 4.69) is 9.82 Å². The van der Waals surface area contributed by atoms with E-state index in [1.165, 1.54) is 19.1 Å². The molecule has 2 atom stereocenters. The molecule has 1 aromatic heterocycles. The highest BCUT2D eigenvalue weighted by Crippen LogP contribution is 2.36. The Labute approximate surface area is 191 Å². The molecule has 0 bridgehead atoms. The van der Waals surface area contributed by atoms with Crippen LogP contribution in [0.3, 0.4) is 0 Å². The minimum absolute atomic E-state index is 0.0853. The summed E-state index contributed by atoms with van der Waals surface area (Å²) in [5.74, 6) is -3.91. The predicted octanol–water partition coefficient (Wildman–Crippen LogP) is 3.04. The number of H-pyrrole nitrogens is 1. The molecule has 0 spiro atoms. The van der Waals surface area contributed by atoms with Crippen LogP contribution in [0.5, 0.6) is 0 Å². The number of nitrogens with zero attached hydrogens (tertiary/aromatic N) is 1. The fourth-order valence-electron chi connectivity index (χ4n) is 3.29. The second kappa shape index (κ2) is 9.02. The molecule has 170 valence electrons. The molecule has 1 amide bonds. The van der Waals surface area contributed by atoms with E-state index < -0.39 is 44.4 Å². The molecule has 0 saturated carbocycles. The summed E-state index contributed by atoms with van der Waals surface area (Å²) in [5, 5.41) is 6.09. The van der Waals surface area contributed by atoms with Crippen molar-refractivity contribution in [2.24, 2.45) is 5.73 Å². The number of carbonyl (C=O) groups excluding carboxylic acids is 1. The van der Waals surface area contributed by atoms with Gasteiger partial charge in [0.25, 0.3) is 0 Å². The van der Waals surface area contributed by atoms with E-state index in [1.807, 2.05) is 5.10 Å². The Kier molecular flexibility index (Phi) is 6.75. The number of hydrogen-bond donors (Lipinski definition) is 3. The first kappa shape index (κ1) is 23.9. The van der Waals surface area contributed by atoms with Crippen LogP contribution in [0.15, 0.2) is 44.4 Å². The molecule has 0 aliphatic heterocycles. The molecule has 1 heterocycles. The highest BCUT2D eigenvalue weighted by molar-refractivity contribution is 7.89. The van der Waals surface area contributed by atoms with Crippen molar-refractivity contribution in [3.8, 4) is 0 Å². The second-order valence-electron chi connectivity index (χ2n) is 6.91. The maximum atomic E-state index is 14.7. The minimum atomic E-state index is -4.46. The van der Waals surface area contributed by atoms with Gasteiger partial charge in [0.1, 0.15) is 11.9 Å². The number of nitrogens with two attached hydrogens (primary N) is 1. The van der Waals surface area contributed by atoms with Crippen LogP contribution in [0.1, 0.15) is 46.3 Å². The highest BCUT2D eigenvalue weighted by atomic mass is 35.5. The third-order valence-corrected chi connectivity index (χ3v) is 6.99. The Bertz CT molecular complexity index is 1360. The summed E-state index contributed by atoms with van der Waals surface area (Å²) in [4.78, 5) is 22.9. The van der Waals surface area contributed by atoms with Crippen molar-refractivity contribution >= 4 is 39.1 Å². The molecule has 0 fully saturated rings. The molecule has 4 N–H and O–H groups in total. The number of sulfonamides is 1. The monoisotopic (exact) mass is 502 g/mol. The first-order valence-corrected chi connectivity index (χ1v) is 11.3. The lowest BCUT2D eigenvalue weighted by Gasteiger charge is -2.25. The van der Waals surface area contributed by atoms with Gasteiger partial charge in [0.05, 0.1) is 10.5 Å². The number of carbonyl (C=O) groups is 1. The van der Waals surface area contributed by atoms with Gasteiger partial charge in [-0.1, -0.05) is 30.1 Å². The molecule has 0 aliphatic rings. The number of primary amides is 1. The summed E-state index contributed by atoms with van der Waals surface area (Å²) >= 11 is 12.0. The van der Waals surface area contributed by atoms with Gasteiger partial charge < -0.3 is 10.2 Å². The van der Waals surface area contributed by atoms with Crippen molar-refractivity contribution < 1.29 is 22.0 Å². The number of nitrogens with one attached hydrogen (secondary N) is 2. The molecule has 0 aliphatic carbocycles. The Morgan fingerprint density at radius 2 is 1.97 bits per heavy atom. The summed E-state index contributed by atoms with van der Waals surface area (Å²) in [6, 6.07) is 4.60. The van der Waals surface area contributed by atoms with Crippen molar-refractivity contribution in [1.29, 1.82) is 0 Å². The second-order valence-corrected chi connectivity index (χ2v) is 9.44. The van der Waals surface area contributed by atoms with Crippen molar-refractivity contribution in [1.82, 2.24) is 14.9 Å². The predicted molar refractivity (Wildman–Crippen MR) is 115 cm³/mol. The normalized spacial score (nSPS) is 13.7. The topological polar surface area (TPSA) is 148 Å². The van der Waals surface area contributed by atoms with Gasteiger partial charge in [-0.3, -0.25) is 4.79 Å². The average molecular weight is 503 g/mol. The Morgan fingerprint density at radius 3 is 2.56 bits per heavy atom. The summed E-state index contributed by atoms with van der Waals surface area (Å²) in [6.45, 7) is 3.06. The van der Waals surface area contributed by atoms with Crippen molar-refractivity contribution in [3.05, 3.63) is 79.3 Å². The summed E-state index contributed by atoms with van der Waals surface area (Å²) in [6.07, 6.45) is 0. The molecule has 0 saturated heterocycles. The molecule has 3 aromatic rings. The van der Waals surface area contributed by atoms with E-state index in [0.29, 0.717) is 5.56 Å². The summed E-state index contributed by atoms with van der Waals surface area (Å²) in [5.41, 5.74) is 5.40. The summed E-state index contributed by atoms with van der Waals surface area (Å²) < 4.78 is 48.4. The smallest absolute Gasteiger partial charge is 0.391 e. The number of benzene rings is 2. The van der Waals surface area contributed by atoms with Gasteiger partial charge >= 0.3 is 5.76 Å². The number of hydrogen-bond acceptors (Lipinski definition) is 6. The molecule has 0 unspecified atom stereocenters. The van der Waals surface area contributed by atoms with E-state index in [1.54, 1.807) is 6.92 Å². The van der Waals surface area contributed by atoms with Crippen molar-refractivity contribution in [3.63, 3.8) is 0 Å². The average Bonchev–Trinajstić information content (AvgIpc) is 3.15. The Morgan fingerprint density at radius 1 is 1.28 bits per heavy atom. The molecule has 2 aromatic carbocycles. The van der Waals surface area contributed by atoms with E-state index >= 15 is 0 Å². The first-order valence-electron chi connectivity index (χ1n) is 9.04. The third kappa shape index (κ3) is 4.70. The fourth-order valence-corrected chi connectivity index (χ4v) is 5.09. The van der Waals surface area contributed by atoms with Crippen LogP contribution < -0.4 is 16.2 Å². The van der Waals surface area contributed by atoms with Gasteiger partial charge in [-0.05, 0) is 48.4 Å². The van der Waals surface area contributed by atoms with Gasteiger partial charge in [-0.2, -0.15) is 4.72 Å². The Balaban J connectivity index is 2.14. The summed E-state index contributed by atoms with van der Waals surface area (Å²) in [7, 11) is -4.46. The first-order chi connectivity index (χ1) is 14.9. The molecular weight excluding hydrogens is 486 g/mol. The van der Waals surface area contributed by atoms with Crippen molar-refractivity contribution in [2.75, 3.05) is 0 Å². The number of amides is 1. The number of aromatic amines is 1. The zero-order valence-corrected chi connectivity index (χ0v) is 19.0. The molecule has 32 heavy (non-hydrogen) atoms. The van der Waals surface area contributed by atoms with Gasteiger partial charge in [0.2, 0.25) is 21.8 Å². The quantitative estimate of drug-likeness (QED) is 0.452. The van der Waals surface area contributed by atoms with Gasteiger partial charge in [0.15, 0.2) is 0 Å². The molecular formula is C19H17Cl2FN4O5S. The SMILES string of the molecule is Cc1c(Cl)ccc(F)c1[C@@H](C)[C@H](NS(=O)(=O)c1ccc(Cl)cc1C(N)=O)c1n[nH]c(=O)o1. The van der Waals surface area contributed by atoms with E-state index in [0.717, 1.165) is 18.2 Å². The molecule has 0 radical (unpaired) electrons. The lowest BCUT2D eigenvalue weighted by Crippen LogP contribution is -2.34. The largest absolute Gasteiger partial charge is 0.434 e. The number of rotatable bonds is 7. The van der Waals surface area contributed by atoms with Crippen LogP contribution in [0.2, 0.25) is 10.0 Å². The zero-order chi connectivity index (χ0) is 23.8. The maximum absolute atomic E-state index is 14.7. The standard InChI is InChI=1S/C19H17Cl2FN4O5S/c1-8-12(21)4-5-13(22)15(8)9(2)16(18-24-25-19(28)31-18)26-32(29,30)14-6-3-10(20)7-11(14)17(23)27/h3-7,9,16,26H,1-2H3,(H2,23,27)(H,25,28)/t9-,16+/m1/s1. The van der Waals surface area contributed by atoms with E-state index in [-0.39, 0.29) is 27.1 Å². The lowest BCUT2D eigenvalue weighted by molar-refractivity contribution is 0.0997.